The van der Waals surface area contributed by atoms with Crippen LogP contribution in [-0.4, -0.2) is 10.9 Å². The van der Waals surface area contributed by atoms with E-state index in [2.05, 4.69) is 0 Å². The lowest BCUT2D eigenvalue weighted by molar-refractivity contribution is 0.204. The number of halogens is 2. The average molecular weight is 283 g/mol. The van der Waals surface area contributed by atoms with E-state index < -0.39 is 6.10 Å². The predicted molar refractivity (Wildman–Crippen MR) is 73.5 cm³/mol. The molecule has 0 amide bonds. The van der Waals surface area contributed by atoms with Gasteiger partial charge in [-0.1, -0.05) is 41.9 Å². The van der Waals surface area contributed by atoms with Gasteiger partial charge in [0, 0.05) is 15.7 Å². The summed E-state index contributed by atoms with van der Waals surface area (Å²) in [4.78, 5) is 0.531. The number of thioether (sulfide) groups is 1. The van der Waals surface area contributed by atoms with Gasteiger partial charge < -0.3 is 5.11 Å². The van der Waals surface area contributed by atoms with Crippen molar-refractivity contribution < 1.29 is 9.50 Å². The highest BCUT2D eigenvalue weighted by molar-refractivity contribution is 7.99. The van der Waals surface area contributed by atoms with Crippen molar-refractivity contribution in [2.24, 2.45) is 0 Å². The van der Waals surface area contributed by atoms with Crippen LogP contribution >= 0.6 is 23.4 Å². The lowest BCUT2D eigenvalue weighted by Gasteiger charge is -2.12. The largest absolute Gasteiger partial charge is 0.387 e. The molecule has 0 aliphatic heterocycles. The van der Waals surface area contributed by atoms with Gasteiger partial charge in [-0.15, -0.1) is 11.8 Å². The number of hydrogen-bond donors (Lipinski definition) is 1. The zero-order valence-corrected chi connectivity index (χ0v) is 11.1. The van der Waals surface area contributed by atoms with Crippen molar-refractivity contribution in [3.63, 3.8) is 0 Å². The smallest absolute Gasteiger partial charge is 0.136 e. The van der Waals surface area contributed by atoms with E-state index in [1.54, 1.807) is 30.3 Å². The molecule has 1 nitrogen and oxygen atoms in total. The summed E-state index contributed by atoms with van der Waals surface area (Å²) < 4.78 is 13.4. The Balaban J connectivity index is 2.03. The third kappa shape index (κ3) is 3.25. The van der Waals surface area contributed by atoms with E-state index in [4.69, 9.17) is 11.6 Å². The summed E-state index contributed by atoms with van der Waals surface area (Å²) in [5, 5.41) is 10.6. The Hall–Kier alpha value is -1.03. The maximum Gasteiger partial charge on any atom is 0.136 e. The van der Waals surface area contributed by atoms with E-state index in [1.165, 1.54) is 17.8 Å². The van der Waals surface area contributed by atoms with Crippen molar-refractivity contribution in [3.8, 4) is 0 Å². The second-order valence-corrected chi connectivity index (χ2v) is 5.25. The standard InChI is InChI=1S/C14H12ClFOS/c15-11-6-2-1-5-10(11)13(17)9-18-14-8-4-3-7-12(14)16/h1-8,13,17H,9H2. The van der Waals surface area contributed by atoms with Gasteiger partial charge in [-0.25, -0.2) is 4.39 Å². The number of rotatable bonds is 4. The zero-order chi connectivity index (χ0) is 13.0. The molecule has 1 N–H and O–H groups in total. The molecule has 0 aliphatic carbocycles. The molecule has 2 aromatic rings. The topological polar surface area (TPSA) is 20.2 Å². The number of benzene rings is 2. The summed E-state index contributed by atoms with van der Waals surface area (Å²) in [6.45, 7) is 0. The highest BCUT2D eigenvalue weighted by Crippen LogP contribution is 2.29. The van der Waals surface area contributed by atoms with Crippen LogP contribution in [0.3, 0.4) is 0 Å². The molecule has 0 saturated heterocycles. The van der Waals surface area contributed by atoms with Crippen molar-refractivity contribution in [3.05, 3.63) is 64.9 Å². The van der Waals surface area contributed by atoms with E-state index >= 15 is 0 Å². The van der Waals surface area contributed by atoms with Crippen LogP contribution in [0.4, 0.5) is 4.39 Å². The number of aliphatic hydroxyl groups is 1. The van der Waals surface area contributed by atoms with Crippen molar-refractivity contribution in [2.75, 3.05) is 5.75 Å². The molecule has 0 bridgehead atoms. The SMILES string of the molecule is OC(CSc1ccccc1F)c1ccccc1Cl. The zero-order valence-electron chi connectivity index (χ0n) is 9.51. The van der Waals surface area contributed by atoms with Crippen LogP contribution in [0.15, 0.2) is 53.4 Å². The fourth-order valence-electron chi connectivity index (χ4n) is 1.57. The van der Waals surface area contributed by atoms with Gasteiger partial charge in [-0.2, -0.15) is 0 Å². The Morgan fingerprint density at radius 2 is 1.78 bits per heavy atom. The van der Waals surface area contributed by atoms with E-state index in [0.717, 1.165) is 0 Å². The summed E-state index contributed by atoms with van der Waals surface area (Å²) in [5.74, 6) is 0.0962. The van der Waals surface area contributed by atoms with E-state index in [-0.39, 0.29) is 5.82 Å². The Bertz CT molecular complexity index is 533. The molecule has 0 aliphatic rings. The minimum absolute atomic E-state index is 0.270. The summed E-state index contributed by atoms with van der Waals surface area (Å²) in [6, 6.07) is 13.6. The molecule has 0 saturated carbocycles. The first-order valence-corrected chi connectivity index (χ1v) is 6.84. The van der Waals surface area contributed by atoms with E-state index in [0.29, 0.717) is 21.2 Å². The summed E-state index contributed by atoms with van der Waals surface area (Å²) in [7, 11) is 0. The maximum atomic E-state index is 13.4. The fraction of sp³-hybridized carbons (Fsp3) is 0.143. The lowest BCUT2D eigenvalue weighted by Crippen LogP contribution is -2.01. The van der Waals surface area contributed by atoms with Crippen LogP contribution in [0, 0.1) is 5.82 Å². The molecule has 2 aromatic carbocycles. The normalized spacial score (nSPS) is 12.4. The Labute approximate surface area is 115 Å². The van der Waals surface area contributed by atoms with Crippen molar-refractivity contribution in [1.82, 2.24) is 0 Å². The second-order valence-electron chi connectivity index (χ2n) is 3.78. The molecular weight excluding hydrogens is 271 g/mol. The highest BCUT2D eigenvalue weighted by Gasteiger charge is 2.12. The van der Waals surface area contributed by atoms with Crippen molar-refractivity contribution in [1.29, 1.82) is 0 Å². The Morgan fingerprint density at radius 3 is 2.50 bits per heavy atom. The van der Waals surface area contributed by atoms with Crippen LogP contribution in [0.2, 0.25) is 5.02 Å². The first-order valence-electron chi connectivity index (χ1n) is 5.48. The van der Waals surface area contributed by atoms with Gasteiger partial charge in [0.25, 0.3) is 0 Å². The lowest BCUT2D eigenvalue weighted by atomic mass is 10.1. The summed E-state index contributed by atoms with van der Waals surface area (Å²) >= 11 is 7.26. The van der Waals surface area contributed by atoms with Gasteiger partial charge >= 0.3 is 0 Å². The molecule has 0 spiro atoms. The third-order valence-corrected chi connectivity index (χ3v) is 3.97. The molecule has 1 unspecified atom stereocenters. The van der Waals surface area contributed by atoms with Gasteiger partial charge in [-0.3, -0.25) is 0 Å². The molecule has 1 atom stereocenters. The Morgan fingerprint density at radius 1 is 1.11 bits per heavy atom. The quantitative estimate of drug-likeness (QED) is 0.844. The van der Waals surface area contributed by atoms with Gasteiger partial charge in [0.1, 0.15) is 5.82 Å². The van der Waals surface area contributed by atoms with Crippen molar-refractivity contribution >= 4 is 23.4 Å². The van der Waals surface area contributed by atoms with Crippen molar-refractivity contribution in [2.45, 2.75) is 11.0 Å². The third-order valence-electron chi connectivity index (χ3n) is 2.50. The maximum absolute atomic E-state index is 13.4. The van der Waals surface area contributed by atoms with Crippen LogP contribution in [0.25, 0.3) is 0 Å². The molecular formula is C14H12ClFOS. The van der Waals surface area contributed by atoms with Crippen LogP contribution in [0.5, 0.6) is 0 Å². The Kier molecular flexibility index (Phi) is 4.64. The molecule has 0 radical (unpaired) electrons. The molecule has 0 fully saturated rings. The molecule has 18 heavy (non-hydrogen) atoms. The molecule has 4 heteroatoms. The van der Waals surface area contributed by atoms with Gasteiger partial charge in [0.05, 0.1) is 6.10 Å². The minimum atomic E-state index is -0.705. The van der Waals surface area contributed by atoms with E-state index in [1.807, 2.05) is 12.1 Å². The second kappa shape index (κ2) is 6.23. The minimum Gasteiger partial charge on any atom is -0.387 e. The predicted octanol–water partition coefficient (Wildman–Crippen LogP) is 4.30. The number of hydrogen-bond acceptors (Lipinski definition) is 2. The van der Waals surface area contributed by atoms with Gasteiger partial charge in [0.2, 0.25) is 0 Å². The summed E-state index contributed by atoms with van der Waals surface area (Å²) in [5.41, 5.74) is 0.669. The first-order chi connectivity index (χ1) is 8.68. The average Bonchev–Trinajstić information content (AvgIpc) is 2.38. The fourth-order valence-corrected chi connectivity index (χ4v) is 2.73. The molecule has 2 rings (SSSR count). The first kappa shape index (κ1) is 13.4. The monoisotopic (exact) mass is 282 g/mol. The van der Waals surface area contributed by atoms with Gasteiger partial charge in [0.15, 0.2) is 0 Å². The van der Waals surface area contributed by atoms with Gasteiger partial charge in [-0.05, 0) is 23.8 Å². The van der Waals surface area contributed by atoms with E-state index in [9.17, 15) is 9.50 Å². The molecule has 0 heterocycles. The van der Waals surface area contributed by atoms with Crippen LogP contribution in [-0.2, 0) is 0 Å². The van der Waals surface area contributed by atoms with Crippen LogP contribution in [0.1, 0.15) is 11.7 Å². The number of aliphatic hydroxyl groups excluding tert-OH is 1. The molecule has 0 aromatic heterocycles. The van der Waals surface area contributed by atoms with Crippen LogP contribution < -0.4 is 0 Å². The highest BCUT2D eigenvalue weighted by atomic mass is 35.5. The molecule has 94 valence electrons. The summed E-state index contributed by atoms with van der Waals surface area (Å²) in [6.07, 6.45) is -0.705.